The first-order valence-electron chi connectivity index (χ1n) is 6.73. The fourth-order valence-electron chi connectivity index (χ4n) is 1.82. The van der Waals surface area contributed by atoms with Crippen molar-refractivity contribution in [3.05, 3.63) is 42.2 Å². The Balaban J connectivity index is 2.00. The van der Waals surface area contributed by atoms with Gasteiger partial charge in [0.05, 0.1) is 11.1 Å². The van der Waals surface area contributed by atoms with Crippen LogP contribution in [0.3, 0.4) is 0 Å². The number of hydrogen-bond donors (Lipinski definition) is 2. The van der Waals surface area contributed by atoms with Crippen molar-refractivity contribution in [1.82, 2.24) is 14.5 Å². The molecule has 0 unspecified atom stereocenters. The monoisotopic (exact) mass is 308 g/mol. The summed E-state index contributed by atoms with van der Waals surface area (Å²) in [5.74, 6) is 0. The van der Waals surface area contributed by atoms with Crippen molar-refractivity contribution >= 4 is 15.7 Å². The van der Waals surface area contributed by atoms with E-state index in [9.17, 15) is 8.42 Å². The molecule has 0 atom stereocenters. The van der Waals surface area contributed by atoms with Gasteiger partial charge < -0.3 is 5.32 Å². The van der Waals surface area contributed by atoms with E-state index in [0.29, 0.717) is 12.6 Å². The molecule has 21 heavy (non-hydrogen) atoms. The molecule has 114 valence electrons. The lowest BCUT2D eigenvalue weighted by Crippen LogP contribution is -2.18. The van der Waals surface area contributed by atoms with E-state index < -0.39 is 10.0 Å². The van der Waals surface area contributed by atoms with Crippen molar-refractivity contribution in [2.45, 2.75) is 31.3 Å². The first-order chi connectivity index (χ1) is 9.92. The SMILES string of the molecule is CNS(=O)(=O)c1ccc(NCc2cnn(C(C)C)c2)cc1. The van der Waals surface area contributed by atoms with E-state index >= 15 is 0 Å². The van der Waals surface area contributed by atoms with E-state index in [1.54, 1.807) is 24.3 Å². The van der Waals surface area contributed by atoms with E-state index in [-0.39, 0.29) is 4.90 Å². The molecule has 2 rings (SSSR count). The van der Waals surface area contributed by atoms with Crippen LogP contribution in [0.1, 0.15) is 25.5 Å². The molecule has 0 spiro atoms. The smallest absolute Gasteiger partial charge is 0.240 e. The maximum atomic E-state index is 11.6. The predicted molar refractivity (Wildman–Crippen MR) is 82.6 cm³/mol. The van der Waals surface area contributed by atoms with Crippen molar-refractivity contribution in [2.24, 2.45) is 0 Å². The fraction of sp³-hybridized carbons (Fsp3) is 0.357. The third-order valence-corrected chi connectivity index (χ3v) is 4.54. The molecule has 1 heterocycles. The summed E-state index contributed by atoms with van der Waals surface area (Å²) in [6, 6.07) is 6.98. The Morgan fingerprint density at radius 3 is 2.43 bits per heavy atom. The second-order valence-electron chi connectivity index (χ2n) is 5.01. The Morgan fingerprint density at radius 2 is 1.90 bits per heavy atom. The lowest BCUT2D eigenvalue weighted by Gasteiger charge is -2.07. The van der Waals surface area contributed by atoms with Crippen LogP contribution in [0.4, 0.5) is 5.69 Å². The number of hydrogen-bond acceptors (Lipinski definition) is 4. The molecule has 0 fully saturated rings. The van der Waals surface area contributed by atoms with Crippen LogP contribution in [0.5, 0.6) is 0 Å². The highest BCUT2D eigenvalue weighted by Crippen LogP contribution is 2.15. The van der Waals surface area contributed by atoms with Crippen molar-refractivity contribution in [3.63, 3.8) is 0 Å². The Morgan fingerprint density at radius 1 is 1.24 bits per heavy atom. The summed E-state index contributed by atoms with van der Waals surface area (Å²) < 4.78 is 27.4. The molecule has 1 aromatic carbocycles. The molecule has 0 aliphatic carbocycles. The van der Waals surface area contributed by atoms with Gasteiger partial charge in [-0.2, -0.15) is 5.10 Å². The molecule has 0 aliphatic heterocycles. The van der Waals surface area contributed by atoms with E-state index in [4.69, 9.17) is 0 Å². The number of nitrogens with one attached hydrogen (secondary N) is 2. The third kappa shape index (κ3) is 3.83. The molecule has 0 bridgehead atoms. The molecule has 6 nitrogen and oxygen atoms in total. The first kappa shape index (κ1) is 15.5. The second kappa shape index (κ2) is 6.28. The Hall–Kier alpha value is -1.86. The van der Waals surface area contributed by atoms with Gasteiger partial charge in [-0.05, 0) is 45.2 Å². The highest BCUT2D eigenvalue weighted by Gasteiger charge is 2.10. The van der Waals surface area contributed by atoms with Gasteiger partial charge in [0.25, 0.3) is 0 Å². The van der Waals surface area contributed by atoms with Gasteiger partial charge in [0.1, 0.15) is 0 Å². The number of rotatable bonds is 6. The minimum Gasteiger partial charge on any atom is -0.381 e. The molecule has 0 radical (unpaired) electrons. The summed E-state index contributed by atoms with van der Waals surface area (Å²) in [7, 11) is -1.98. The Kier molecular flexibility index (Phi) is 4.64. The van der Waals surface area contributed by atoms with Crippen LogP contribution in [0.15, 0.2) is 41.6 Å². The van der Waals surface area contributed by atoms with Gasteiger partial charge in [0.15, 0.2) is 0 Å². The Labute approximate surface area is 125 Å². The maximum absolute atomic E-state index is 11.6. The molecule has 2 aromatic rings. The van der Waals surface area contributed by atoms with Crippen LogP contribution in [0.2, 0.25) is 0 Å². The summed E-state index contributed by atoms with van der Waals surface area (Å²) >= 11 is 0. The van der Waals surface area contributed by atoms with Crippen LogP contribution in [-0.2, 0) is 16.6 Å². The molecule has 0 saturated heterocycles. The summed E-state index contributed by atoms with van der Waals surface area (Å²) in [6.07, 6.45) is 3.82. The molecule has 7 heteroatoms. The van der Waals surface area contributed by atoms with E-state index in [0.717, 1.165) is 11.3 Å². The van der Waals surface area contributed by atoms with Crippen molar-refractivity contribution in [3.8, 4) is 0 Å². The molecular weight excluding hydrogens is 288 g/mol. The van der Waals surface area contributed by atoms with Gasteiger partial charge in [-0.1, -0.05) is 0 Å². The standard InChI is InChI=1S/C14H20N4O2S/c1-11(2)18-10-12(9-17-18)8-16-13-4-6-14(7-5-13)21(19,20)15-3/h4-7,9-11,15-16H,8H2,1-3H3. The lowest BCUT2D eigenvalue weighted by molar-refractivity contribution is 0.532. The number of nitrogens with zero attached hydrogens (tertiary/aromatic N) is 2. The normalized spacial score (nSPS) is 11.8. The van der Waals surface area contributed by atoms with E-state index in [1.165, 1.54) is 7.05 Å². The van der Waals surface area contributed by atoms with Crippen LogP contribution in [0, 0.1) is 0 Å². The molecule has 0 saturated carbocycles. The lowest BCUT2D eigenvalue weighted by atomic mass is 10.3. The van der Waals surface area contributed by atoms with Gasteiger partial charge in [-0.3, -0.25) is 4.68 Å². The highest BCUT2D eigenvalue weighted by molar-refractivity contribution is 7.89. The largest absolute Gasteiger partial charge is 0.381 e. The Bertz CT molecular complexity index is 690. The zero-order valence-corrected chi connectivity index (χ0v) is 13.2. The third-order valence-electron chi connectivity index (χ3n) is 3.11. The van der Waals surface area contributed by atoms with Crippen LogP contribution in [-0.4, -0.2) is 25.2 Å². The zero-order chi connectivity index (χ0) is 15.5. The quantitative estimate of drug-likeness (QED) is 0.855. The molecule has 1 aromatic heterocycles. The first-order valence-corrected chi connectivity index (χ1v) is 8.21. The maximum Gasteiger partial charge on any atom is 0.240 e. The van der Waals surface area contributed by atoms with E-state index in [1.807, 2.05) is 17.1 Å². The van der Waals surface area contributed by atoms with Gasteiger partial charge in [-0.15, -0.1) is 0 Å². The van der Waals surface area contributed by atoms with Gasteiger partial charge >= 0.3 is 0 Å². The van der Waals surface area contributed by atoms with Crippen LogP contribution >= 0.6 is 0 Å². The zero-order valence-electron chi connectivity index (χ0n) is 12.4. The summed E-state index contributed by atoms with van der Waals surface area (Å²) in [4.78, 5) is 0.253. The number of benzene rings is 1. The molecule has 2 N–H and O–H groups in total. The number of sulfonamides is 1. The molecule has 0 aliphatic rings. The number of anilines is 1. The van der Waals surface area contributed by atoms with Crippen molar-refractivity contribution in [1.29, 1.82) is 0 Å². The molecular formula is C14H20N4O2S. The average Bonchev–Trinajstić information content (AvgIpc) is 2.95. The van der Waals surface area contributed by atoms with Crippen LogP contribution < -0.4 is 10.0 Å². The summed E-state index contributed by atoms with van der Waals surface area (Å²) in [6.45, 7) is 4.79. The molecule has 0 amide bonds. The topological polar surface area (TPSA) is 76.0 Å². The minimum atomic E-state index is -3.38. The summed E-state index contributed by atoms with van der Waals surface area (Å²) in [5, 5.41) is 7.52. The minimum absolute atomic E-state index is 0.253. The summed E-state index contributed by atoms with van der Waals surface area (Å²) in [5.41, 5.74) is 1.94. The number of aromatic nitrogens is 2. The van der Waals surface area contributed by atoms with Crippen molar-refractivity contribution < 1.29 is 8.42 Å². The predicted octanol–water partition coefficient (Wildman–Crippen LogP) is 1.98. The van der Waals surface area contributed by atoms with Gasteiger partial charge in [-0.25, -0.2) is 13.1 Å². The highest BCUT2D eigenvalue weighted by atomic mass is 32.2. The van der Waals surface area contributed by atoms with Gasteiger partial charge in [0.2, 0.25) is 10.0 Å². The van der Waals surface area contributed by atoms with Gasteiger partial charge in [0, 0.05) is 30.0 Å². The van der Waals surface area contributed by atoms with Crippen LogP contribution in [0.25, 0.3) is 0 Å². The second-order valence-corrected chi connectivity index (χ2v) is 6.89. The van der Waals surface area contributed by atoms with Crippen molar-refractivity contribution in [2.75, 3.05) is 12.4 Å². The fourth-order valence-corrected chi connectivity index (χ4v) is 2.56. The average molecular weight is 308 g/mol. The van der Waals surface area contributed by atoms with E-state index in [2.05, 4.69) is 29.0 Å².